The van der Waals surface area contributed by atoms with Crippen LogP contribution in [0.2, 0.25) is 0 Å². The van der Waals surface area contributed by atoms with Crippen LogP contribution in [0.3, 0.4) is 0 Å². The van der Waals surface area contributed by atoms with Gasteiger partial charge in [0.05, 0.1) is 11.8 Å². The fraction of sp³-hybridized carbons (Fsp3) is 0.600. The van der Waals surface area contributed by atoms with Crippen molar-refractivity contribution >= 4 is 5.69 Å². The van der Waals surface area contributed by atoms with E-state index in [2.05, 4.69) is 41.0 Å². The molecular weight excluding hydrogens is 298 g/mol. The van der Waals surface area contributed by atoms with Gasteiger partial charge in [0.1, 0.15) is 0 Å². The second kappa shape index (κ2) is 7.93. The van der Waals surface area contributed by atoms with E-state index in [1.54, 1.807) is 0 Å². The van der Waals surface area contributed by atoms with E-state index in [0.717, 1.165) is 44.5 Å². The first-order chi connectivity index (χ1) is 11.7. The lowest BCUT2D eigenvalue weighted by atomic mass is 9.79. The number of benzene rings is 1. The van der Waals surface area contributed by atoms with Crippen molar-refractivity contribution in [3.05, 3.63) is 41.5 Å². The van der Waals surface area contributed by atoms with Gasteiger partial charge in [-0.2, -0.15) is 0 Å². The molecule has 2 atom stereocenters. The number of hydrogen-bond donors (Lipinski definition) is 1. The molecule has 4 heteroatoms. The molecule has 0 radical (unpaired) electrons. The van der Waals surface area contributed by atoms with Crippen LogP contribution >= 0.6 is 0 Å². The molecule has 0 amide bonds. The number of hydrogen-bond acceptors (Lipinski definition) is 3. The first kappa shape index (κ1) is 17.2. The molecule has 0 bridgehead atoms. The summed E-state index contributed by atoms with van der Waals surface area (Å²) in [6, 6.07) is 4.38. The Bertz CT molecular complexity index is 605. The maximum absolute atomic E-state index is 10.5. The Balaban J connectivity index is 1.99. The SMILES string of the molecule is C=CCc1cc(C)cc([C@H]2CCCC[C@@H]2O)c1N=NN1CCCC1. The lowest BCUT2D eigenvalue weighted by molar-refractivity contribution is 0.106. The number of aryl methyl sites for hydroxylation is 1. The van der Waals surface area contributed by atoms with E-state index in [4.69, 9.17) is 0 Å². The normalized spacial score (nSPS) is 24.7. The second-order valence-electron chi connectivity index (χ2n) is 7.16. The number of allylic oxidation sites excluding steroid dienone is 1. The molecule has 24 heavy (non-hydrogen) atoms. The summed E-state index contributed by atoms with van der Waals surface area (Å²) in [5, 5.41) is 21.7. The van der Waals surface area contributed by atoms with E-state index in [1.807, 2.05) is 6.08 Å². The summed E-state index contributed by atoms with van der Waals surface area (Å²) < 4.78 is 0. The van der Waals surface area contributed by atoms with Gasteiger partial charge < -0.3 is 5.11 Å². The molecule has 4 nitrogen and oxygen atoms in total. The summed E-state index contributed by atoms with van der Waals surface area (Å²) in [6.07, 6.45) is 9.04. The number of nitrogens with zero attached hydrogens (tertiary/aromatic N) is 3. The van der Waals surface area contributed by atoms with Gasteiger partial charge in [0, 0.05) is 19.0 Å². The van der Waals surface area contributed by atoms with E-state index >= 15 is 0 Å². The highest BCUT2D eigenvalue weighted by atomic mass is 16.3. The van der Waals surface area contributed by atoms with E-state index in [-0.39, 0.29) is 12.0 Å². The zero-order chi connectivity index (χ0) is 16.9. The van der Waals surface area contributed by atoms with Crippen molar-refractivity contribution < 1.29 is 5.11 Å². The minimum Gasteiger partial charge on any atom is -0.392 e. The van der Waals surface area contributed by atoms with Crippen molar-refractivity contribution in [3.8, 4) is 0 Å². The molecule has 0 spiro atoms. The minimum absolute atomic E-state index is 0.176. The van der Waals surface area contributed by atoms with E-state index < -0.39 is 0 Å². The monoisotopic (exact) mass is 327 g/mol. The third-order valence-corrected chi connectivity index (χ3v) is 5.21. The molecule has 0 unspecified atom stereocenters. The van der Waals surface area contributed by atoms with Crippen LogP contribution in [0.25, 0.3) is 0 Å². The molecule has 1 aromatic carbocycles. The zero-order valence-electron chi connectivity index (χ0n) is 14.7. The van der Waals surface area contributed by atoms with Crippen LogP contribution in [0.1, 0.15) is 61.1 Å². The molecule has 1 heterocycles. The fourth-order valence-corrected chi connectivity index (χ4v) is 3.97. The van der Waals surface area contributed by atoms with Crippen LogP contribution in [0.5, 0.6) is 0 Å². The van der Waals surface area contributed by atoms with Crippen molar-refractivity contribution in [2.75, 3.05) is 13.1 Å². The predicted octanol–water partition coefficient (Wildman–Crippen LogP) is 4.84. The molecule has 1 aliphatic carbocycles. The van der Waals surface area contributed by atoms with Gasteiger partial charge in [0.15, 0.2) is 0 Å². The lowest BCUT2D eigenvalue weighted by Crippen LogP contribution is -2.23. The van der Waals surface area contributed by atoms with Crippen molar-refractivity contribution in [1.29, 1.82) is 0 Å². The Labute approximate surface area is 145 Å². The van der Waals surface area contributed by atoms with Crippen molar-refractivity contribution in [1.82, 2.24) is 5.01 Å². The summed E-state index contributed by atoms with van der Waals surface area (Å²) in [5.74, 6) is 0.176. The van der Waals surface area contributed by atoms with Gasteiger partial charge in [-0.25, -0.2) is 0 Å². The first-order valence-electron chi connectivity index (χ1n) is 9.28. The maximum atomic E-state index is 10.5. The predicted molar refractivity (Wildman–Crippen MR) is 97.6 cm³/mol. The minimum atomic E-state index is -0.266. The van der Waals surface area contributed by atoms with Gasteiger partial charge in [0.25, 0.3) is 0 Å². The smallest absolute Gasteiger partial charge is 0.0945 e. The van der Waals surface area contributed by atoms with E-state index in [1.165, 1.54) is 36.0 Å². The average molecular weight is 327 g/mol. The Morgan fingerprint density at radius 2 is 1.96 bits per heavy atom. The second-order valence-corrected chi connectivity index (χ2v) is 7.16. The zero-order valence-corrected chi connectivity index (χ0v) is 14.7. The average Bonchev–Trinajstić information content (AvgIpc) is 3.08. The Morgan fingerprint density at radius 1 is 1.21 bits per heavy atom. The first-order valence-corrected chi connectivity index (χ1v) is 9.28. The van der Waals surface area contributed by atoms with Crippen LogP contribution in [0.15, 0.2) is 35.1 Å². The highest BCUT2D eigenvalue weighted by Crippen LogP contribution is 2.40. The topological polar surface area (TPSA) is 48.2 Å². The van der Waals surface area contributed by atoms with Crippen LogP contribution in [-0.4, -0.2) is 29.3 Å². The summed E-state index contributed by atoms with van der Waals surface area (Å²) in [7, 11) is 0. The molecule has 130 valence electrons. The number of aliphatic hydroxyl groups excluding tert-OH is 1. The number of aliphatic hydroxyl groups is 1. The Morgan fingerprint density at radius 3 is 2.67 bits per heavy atom. The molecule has 0 aromatic heterocycles. The van der Waals surface area contributed by atoms with Gasteiger partial charge in [-0.05, 0) is 50.2 Å². The molecule has 1 aliphatic heterocycles. The third kappa shape index (κ3) is 3.86. The van der Waals surface area contributed by atoms with Gasteiger partial charge in [-0.15, -0.1) is 11.7 Å². The molecular formula is C20H29N3O. The molecule has 1 N–H and O–H groups in total. The third-order valence-electron chi connectivity index (χ3n) is 5.21. The van der Waals surface area contributed by atoms with Crippen molar-refractivity contribution in [3.63, 3.8) is 0 Å². The standard InChI is InChI=1S/C20H29N3O/c1-3-8-16-13-15(2)14-18(17-9-4-5-10-19(17)24)20(16)21-22-23-11-6-7-12-23/h3,13-14,17,19,24H,1,4-12H2,2H3/t17-,19+/m1/s1. The van der Waals surface area contributed by atoms with Crippen LogP contribution in [0, 0.1) is 6.92 Å². The highest BCUT2D eigenvalue weighted by molar-refractivity contribution is 5.57. The van der Waals surface area contributed by atoms with Gasteiger partial charge in [-0.3, -0.25) is 5.01 Å². The van der Waals surface area contributed by atoms with Gasteiger partial charge >= 0.3 is 0 Å². The molecule has 2 aliphatic rings. The fourth-order valence-electron chi connectivity index (χ4n) is 3.97. The molecule has 1 saturated heterocycles. The van der Waals surface area contributed by atoms with Crippen molar-refractivity contribution in [2.45, 2.75) is 63.9 Å². The molecule has 1 saturated carbocycles. The molecule has 1 aromatic rings. The van der Waals surface area contributed by atoms with E-state index in [9.17, 15) is 5.11 Å². The Hall–Kier alpha value is -1.68. The van der Waals surface area contributed by atoms with Crippen LogP contribution in [-0.2, 0) is 6.42 Å². The van der Waals surface area contributed by atoms with Gasteiger partial charge in [-0.1, -0.05) is 41.8 Å². The maximum Gasteiger partial charge on any atom is 0.0945 e. The van der Waals surface area contributed by atoms with Gasteiger partial charge in [0.2, 0.25) is 0 Å². The number of rotatable bonds is 5. The quantitative estimate of drug-likeness (QED) is 0.621. The Kier molecular flexibility index (Phi) is 5.67. The summed E-state index contributed by atoms with van der Waals surface area (Å²) in [4.78, 5) is 0. The van der Waals surface area contributed by atoms with E-state index in [0.29, 0.717) is 0 Å². The molecule has 2 fully saturated rings. The van der Waals surface area contributed by atoms with Crippen LogP contribution < -0.4 is 0 Å². The highest BCUT2D eigenvalue weighted by Gasteiger charge is 2.28. The largest absolute Gasteiger partial charge is 0.392 e. The molecule has 3 rings (SSSR count). The summed E-state index contributed by atoms with van der Waals surface area (Å²) >= 11 is 0. The summed E-state index contributed by atoms with van der Waals surface area (Å²) in [6.45, 7) is 7.99. The summed E-state index contributed by atoms with van der Waals surface area (Å²) in [5.41, 5.74) is 4.51. The lowest BCUT2D eigenvalue weighted by Gasteiger charge is -2.29. The van der Waals surface area contributed by atoms with Crippen molar-refractivity contribution in [2.24, 2.45) is 10.3 Å². The van der Waals surface area contributed by atoms with Crippen LogP contribution in [0.4, 0.5) is 5.69 Å².